The van der Waals surface area contributed by atoms with Crippen molar-refractivity contribution in [2.75, 3.05) is 24.6 Å². The molecule has 1 N–H and O–H groups in total. The molecule has 0 aromatic heterocycles. The van der Waals surface area contributed by atoms with Crippen LogP contribution < -0.4 is 5.32 Å². The molecule has 1 rings (SSSR count). The molecule has 0 spiro atoms. The highest BCUT2D eigenvalue weighted by atomic mass is 32.2. The van der Waals surface area contributed by atoms with E-state index < -0.39 is 9.84 Å². The second-order valence-corrected chi connectivity index (χ2v) is 7.69. The van der Waals surface area contributed by atoms with Crippen LogP contribution in [-0.4, -0.2) is 38.8 Å². The second-order valence-electron chi connectivity index (χ2n) is 5.22. The molecule has 18 heavy (non-hydrogen) atoms. The zero-order chi connectivity index (χ0) is 13.6. The maximum Gasteiger partial charge on any atom is 0.150 e. The minimum atomic E-state index is -3.04. The second kappa shape index (κ2) is 6.66. The number of sulfone groups is 1. The van der Waals surface area contributed by atoms with Gasteiger partial charge in [0.2, 0.25) is 0 Å². The maximum atomic E-state index is 12.4. The molecule has 0 bridgehead atoms. The normalized spacial score (nSPS) is 25.0. The van der Waals surface area contributed by atoms with Gasteiger partial charge in [0, 0.05) is 24.1 Å². The molecule has 1 heterocycles. The third-order valence-corrected chi connectivity index (χ3v) is 5.58. The summed E-state index contributed by atoms with van der Waals surface area (Å²) in [5, 5.41) is 3.28. The molecule has 1 fully saturated rings. The monoisotopic (exact) mass is 275 g/mol. The lowest BCUT2D eigenvalue weighted by Crippen LogP contribution is -2.46. The Labute approximate surface area is 110 Å². The summed E-state index contributed by atoms with van der Waals surface area (Å²) < 4.78 is 23.0. The van der Waals surface area contributed by atoms with Crippen LogP contribution in [0.5, 0.6) is 0 Å². The van der Waals surface area contributed by atoms with E-state index in [0.717, 1.165) is 32.2 Å². The molecule has 0 aromatic rings. The van der Waals surface area contributed by atoms with E-state index >= 15 is 0 Å². The van der Waals surface area contributed by atoms with Gasteiger partial charge in [-0.1, -0.05) is 20.3 Å². The van der Waals surface area contributed by atoms with Gasteiger partial charge in [-0.05, 0) is 25.8 Å². The Hall–Kier alpha value is -0.420. The van der Waals surface area contributed by atoms with Crippen LogP contribution in [0.4, 0.5) is 0 Å². The Morgan fingerprint density at radius 3 is 2.56 bits per heavy atom. The molecule has 1 aliphatic heterocycles. The fourth-order valence-electron chi connectivity index (χ4n) is 2.69. The van der Waals surface area contributed by atoms with Crippen molar-refractivity contribution >= 4 is 15.6 Å². The number of carbonyl (C=O) groups is 1. The molecular weight excluding hydrogens is 250 g/mol. The molecule has 5 heteroatoms. The summed E-state index contributed by atoms with van der Waals surface area (Å²) in [5.41, 5.74) is -0.309. The number of ketones is 1. The highest BCUT2D eigenvalue weighted by Crippen LogP contribution is 2.33. The van der Waals surface area contributed by atoms with E-state index in [1.54, 1.807) is 6.92 Å². The summed E-state index contributed by atoms with van der Waals surface area (Å²) in [6, 6.07) is 0. The molecule has 4 nitrogen and oxygen atoms in total. The van der Waals surface area contributed by atoms with Gasteiger partial charge < -0.3 is 5.32 Å². The van der Waals surface area contributed by atoms with Crippen LogP contribution in [0.15, 0.2) is 0 Å². The van der Waals surface area contributed by atoms with E-state index in [9.17, 15) is 13.2 Å². The Morgan fingerprint density at radius 1 is 1.33 bits per heavy atom. The predicted octanol–water partition coefficient (Wildman–Crippen LogP) is 1.55. The van der Waals surface area contributed by atoms with Crippen LogP contribution in [0.1, 0.15) is 46.0 Å². The average molecular weight is 275 g/mol. The van der Waals surface area contributed by atoms with E-state index in [0.29, 0.717) is 6.54 Å². The van der Waals surface area contributed by atoms with Gasteiger partial charge in [0.15, 0.2) is 0 Å². The largest absolute Gasteiger partial charge is 0.316 e. The van der Waals surface area contributed by atoms with Crippen LogP contribution >= 0.6 is 0 Å². The zero-order valence-electron chi connectivity index (χ0n) is 11.5. The quantitative estimate of drug-likeness (QED) is 0.765. The Morgan fingerprint density at radius 2 is 2.06 bits per heavy atom. The van der Waals surface area contributed by atoms with Gasteiger partial charge in [-0.2, -0.15) is 0 Å². The van der Waals surface area contributed by atoms with E-state index in [1.807, 2.05) is 0 Å². The first kappa shape index (κ1) is 15.6. The van der Waals surface area contributed by atoms with Crippen molar-refractivity contribution in [3.63, 3.8) is 0 Å². The van der Waals surface area contributed by atoms with Gasteiger partial charge in [0.05, 0.1) is 5.75 Å². The number of piperidine rings is 1. The summed E-state index contributed by atoms with van der Waals surface area (Å²) in [6.07, 6.45) is 3.92. The molecule has 0 amide bonds. The zero-order valence-corrected chi connectivity index (χ0v) is 12.3. The molecule has 1 atom stereocenters. The maximum absolute atomic E-state index is 12.4. The number of hydrogen-bond acceptors (Lipinski definition) is 4. The standard InChI is InChI=1S/C13H25NO3S/c1-3-7-13(8-5-9-14-11-13)12(15)6-10-18(16,17)4-2/h14H,3-11H2,1-2H3. The molecule has 1 unspecified atom stereocenters. The van der Waals surface area contributed by atoms with Gasteiger partial charge in [-0.25, -0.2) is 8.42 Å². The van der Waals surface area contributed by atoms with Crippen molar-refractivity contribution in [1.82, 2.24) is 5.32 Å². The first-order valence-electron chi connectivity index (χ1n) is 6.90. The van der Waals surface area contributed by atoms with Gasteiger partial charge in [-0.15, -0.1) is 0 Å². The first-order valence-corrected chi connectivity index (χ1v) is 8.72. The molecule has 1 saturated heterocycles. The number of hydrogen-bond donors (Lipinski definition) is 1. The van der Waals surface area contributed by atoms with E-state index in [2.05, 4.69) is 12.2 Å². The molecule has 106 valence electrons. The van der Waals surface area contributed by atoms with E-state index in [4.69, 9.17) is 0 Å². The average Bonchev–Trinajstić information content (AvgIpc) is 2.37. The third-order valence-electron chi connectivity index (χ3n) is 3.87. The fraction of sp³-hybridized carbons (Fsp3) is 0.923. The molecule has 0 saturated carbocycles. The van der Waals surface area contributed by atoms with Crippen LogP contribution in [0.2, 0.25) is 0 Å². The van der Waals surface area contributed by atoms with Crippen LogP contribution in [0, 0.1) is 5.41 Å². The van der Waals surface area contributed by atoms with Crippen molar-refractivity contribution in [2.45, 2.75) is 46.0 Å². The fourth-order valence-corrected chi connectivity index (χ4v) is 3.48. The number of rotatable bonds is 7. The molecule has 0 aromatic carbocycles. The van der Waals surface area contributed by atoms with Crippen molar-refractivity contribution in [2.24, 2.45) is 5.41 Å². The van der Waals surface area contributed by atoms with Gasteiger partial charge in [0.25, 0.3) is 0 Å². The van der Waals surface area contributed by atoms with Gasteiger partial charge >= 0.3 is 0 Å². The lowest BCUT2D eigenvalue weighted by molar-refractivity contribution is -0.129. The summed E-state index contributed by atoms with van der Waals surface area (Å²) in [7, 11) is -3.04. The van der Waals surface area contributed by atoms with Crippen LogP contribution in [0.25, 0.3) is 0 Å². The minimum absolute atomic E-state index is 0.00774. The third kappa shape index (κ3) is 4.05. The van der Waals surface area contributed by atoms with Crippen LogP contribution in [0.3, 0.4) is 0 Å². The molecule has 1 aliphatic rings. The minimum Gasteiger partial charge on any atom is -0.316 e. The van der Waals surface area contributed by atoms with Crippen molar-refractivity contribution in [3.8, 4) is 0 Å². The smallest absolute Gasteiger partial charge is 0.150 e. The summed E-state index contributed by atoms with van der Waals surface area (Å²) >= 11 is 0. The molecule has 0 radical (unpaired) electrons. The lowest BCUT2D eigenvalue weighted by atomic mass is 9.73. The van der Waals surface area contributed by atoms with Crippen molar-refractivity contribution in [3.05, 3.63) is 0 Å². The number of nitrogens with one attached hydrogen (secondary N) is 1. The van der Waals surface area contributed by atoms with E-state index in [-0.39, 0.29) is 29.1 Å². The summed E-state index contributed by atoms with van der Waals surface area (Å²) in [5.74, 6) is 0.265. The molecular formula is C13H25NO3S. The summed E-state index contributed by atoms with van der Waals surface area (Å²) in [4.78, 5) is 12.4. The van der Waals surface area contributed by atoms with E-state index in [1.165, 1.54) is 0 Å². The first-order chi connectivity index (χ1) is 8.46. The lowest BCUT2D eigenvalue weighted by Gasteiger charge is -2.36. The highest BCUT2D eigenvalue weighted by Gasteiger charge is 2.38. The SMILES string of the molecule is CCCC1(C(=O)CCS(=O)(=O)CC)CCCNC1. The Kier molecular flexibility index (Phi) is 5.79. The van der Waals surface area contributed by atoms with Crippen molar-refractivity contribution < 1.29 is 13.2 Å². The topological polar surface area (TPSA) is 63.2 Å². The predicted molar refractivity (Wildman–Crippen MR) is 73.4 cm³/mol. The molecule has 0 aliphatic carbocycles. The number of carbonyl (C=O) groups excluding carboxylic acids is 1. The highest BCUT2D eigenvalue weighted by molar-refractivity contribution is 7.91. The van der Waals surface area contributed by atoms with Gasteiger partial charge in [0.1, 0.15) is 15.6 Å². The Balaban J connectivity index is 2.65. The van der Waals surface area contributed by atoms with Gasteiger partial charge in [-0.3, -0.25) is 4.79 Å². The number of Topliss-reactive ketones (excluding diaryl/α,β-unsaturated/α-hetero) is 1. The Bertz CT molecular complexity index is 364. The summed E-state index contributed by atoms with van der Waals surface area (Å²) in [6.45, 7) is 5.38. The van der Waals surface area contributed by atoms with Crippen molar-refractivity contribution in [1.29, 1.82) is 0 Å². The van der Waals surface area contributed by atoms with Crippen LogP contribution in [-0.2, 0) is 14.6 Å².